The van der Waals surface area contributed by atoms with Crippen molar-refractivity contribution in [3.63, 3.8) is 0 Å². The van der Waals surface area contributed by atoms with Crippen LogP contribution in [0.2, 0.25) is 0 Å². The number of hydrazone groups is 1. The van der Waals surface area contributed by atoms with Crippen LogP contribution in [-0.2, 0) is 4.79 Å². The summed E-state index contributed by atoms with van der Waals surface area (Å²) in [5.41, 5.74) is 8.16. The summed E-state index contributed by atoms with van der Waals surface area (Å²) in [6, 6.07) is 17.5. The maximum Gasteiger partial charge on any atom is 0.272 e. The van der Waals surface area contributed by atoms with Crippen molar-refractivity contribution >= 4 is 34.6 Å². The lowest BCUT2D eigenvalue weighted by atomic mass is 10.0. The molecule has 2 aromatic heterocycles. The minimum absolute atomic E-state index is 0.0307. The molecule has 156 valence electrons. The number of carbonyl (C=O) groups is 2. The van der Waals surface area contributed by atoms with Crippen LogP contribution in [0.15, 0.2) is 72.1 Å². The fraction of sp³-hybridized carbons (Fsp3) is 0.120. The predicted octanol–water partition coefficient (Wildman–Crippen LogP) is 4.05. The summed E-state index contributed by atoms with van der Waals surface area (Å²) in [6.07, 6.45) is 5.92. The normalized spacial score (nSPS) is 18.8. The van der Waals surface area contributed by atoms with Crippen molar-refractivity contribution in [1.29, 1.82) is 0 Å². The van der Waals surface area contributed by atoms with Crippen molar-refractivity contribution in [3.05, 3.63) is 83.7 Å². The average molecular weight is 421 g/mol. The Morgan fingerprint density at radius 3 is 2.69 bits per heavy atom. The highest BCUT2D eigenvalue weighted by atomic mass is 16.2. The van der Waals surface area contributed by atoms with Crippen LogP contribution in [0, 0.1) is 5.92 Å². The van der Waals surface area contributed by atoms with Gasteiger partial charge >= 0.3 is 0 Å². The van der Waals surface area contributed by atoms with E-state index in [0.29, 0.717) is 11.3 Å². The zero-order chi connectivity index (χ0) is 21.7. The molecule has 2 amide bonds. The fourth-order valence-corrected chi connectivity index (χ4v) is 4.49. The van der Waals surface area contributed by atoms with Gasteiger partial charge in [-0.3, -0.25) is 14.6 Å². The number of carbonyl (C=O) groups excluding carboxylic acids is 2. The van der Waals surface area contributed by atoms with E-state index >= 15 is 0 Å². The Labute approximate surface area is 183 Å². The molecule has 7 nitrogen and oxygen atoms in total. The largest absolute Gasteiger partial charge is 0.354 e. The van der Waals surface area contributed by atoms with Crippen LogP contribution >= 0.6 is 0 Å². The lowest BCUT2D eigenvalue weighted by molar-refractivity contribution is -0.117. The molecule has 1 aliphatic heterocycles. The maximum atomic E-state index is 12.9. The number of H-pyrrole nitrogens is 1. The highest BCUT2D eigenvalue weighted by Crippen LogP contribution is 2.48. The van der Waals surface area contributed by atoms with E-state index in [9.17, 15) is 9.59 Å². The topological polar surface area (TPSA) is 99.2 Å². The summed E-state index contributed by atoms with van der Waals surface area (Å²) in [4.78, 5) is 33.1. The molecule has 3 N–H and O–H groups in total. The second-order valence-corrected chi connectivity index (χ2v) is 8.14. The second kappa shape index (κ2) is 7.16. The third kappa shape index (κ3) is 3.06. The predicted molar refractivity (Wildman–Crippen MR) is 123 cm³/mol. The molecule has 3 heterocycles. The Bertz CT molecular complexity index is 1390. The van der Waals surface area contributed by atoms with Crippen molar-refractivity contribution in [3.8, 4) is 11.3 Å². The van der Waals surface area contributed by atoms with Gasteiger partial charge < -0.3 is 10.3 Å². The lowest BCUT2D eigenvalue weighted by Crippen LogP contribution is -2.18. The molecule has 0 radical (unpaired) electrons. The Balaban J connectivity index is 1.36. The molecule has 2 aliphatic rings. The summed E-state index contributed by atoms with van der Waals surface area (Å²) in [5.74, 6) is -0.156. The van der Waals surface area contributed by atoms with E-state index in [1.807, 2.05) is 36.4 Å². The van der Waals surface area contributed by atoms with E-state index in [2.05, 4.69) is 37.9 Å². The third-order valence-corrected chi connectivity index (χ3v) is 6.13. The first-order valence-electron chi connectivity index (χ1n) is 10.5. The number of rotatable bonds is 4. The molecule has 0 bridgehead atoms. The first-order valence-corrected chi connectivity index (χ1v) is 10.5. The van der Waals surface area contributed by atoms with Crippen LogP contribution in [0.5, 0.6) is 0 Å². The molecule has 1 aliphatic carbocycles. The number of hydrogen-bond donors (Lipinski definition) is 3. The molecule has 0 saturated heterocycles. The van der Waals surface area contributed by atoms with Crippen LogP contribution in [0.25, 0.3) is 22.2 Å². The summed E-state index contributed by atoms with van der Waals surface area (Å²) in [7, 11) is 0. The monoisotopic (exact) mass is 421 g/mol. The van der Waals surface area contributed by atoms with Gasteiger partial charge in [-0.1, -0.05) is 30.3 Å². The van der Waals surface area contributed by atoms with Gasteiger partial charge in [-0.2, -0.15) is 5.10 Å². The quantitative estimate of drug-likeness (QED) is 0.464. The number of benzene rings is 2. The van der Waals surface area contributed by atoms with Crippen molar-refractivity contribution in [2.24, 2.45) is 11.0 Å². The molecular formula is C25H19N5O2. The Hall–Kier alpha value is -4.26. The molecule has 1 saturated carbocycles. The number of aromatic nitrogens is 2. The zero-order valence-electron chi connectivity index (χ0n) is 17.0. The van der Waals surface area contributed by atoms with Crippen LogP contribution in [-0.4, -0.2) is 28.0 Å². The van der Waals surface area contributed by atoms with Gasteiger partial charge in [-0.25, -0.2) is 5.43 Å². The first-order chi connectivity index (χ1) is 15.7. The summed E-state index contributed by atoms with van der Waals surface area (Å²) < 4.78 is 0. The number of aromatic amines is 1. The molecule has 6 rings (SSSR count). The van der Waals surface area contributed by atoms with Crippen molar-refractivity contribution in [2.75, 3.05) is 5.32 Å². The minimum Gasteiger partial charge on any atom is -0.354 e. The number of pyridine rings is 1. The van der Waals surface area contributed by atoms with Crippen LogP contribution in [0.3, 0.4) is 0 Å². The summed E-state index contributed by atoms with van der Waals surface area (Å²) in [5, 5.41) is 7.87. The highest BCUT2D eigenvalue weighted by Gasteiger charge is 2.43. The van der Waals surface area contributed by atoms with Gasteiger partial charge in [0.05, 0.1) is 17.5 Å². The van der Waals surface area contributed by atoms with E-state index in [0.717, 1.165) is 34.1 Å². The van der Waals surface area contributed by atoms with Crippen LogP contribution < -0.4 is 10.7 Å². The highest BCUT2D eigenvalue weighted by molar-refractivity contribution is 6.18. The smallest absolute Gasteiger partial charge is 0.272 e. The number of nitrogens with one attached hydrogen (secondary N) is 3. The molecule has 0 spiro atoms. The number of anilines is 1. The minimum atomic E-state index is -0.310. The zero-order valence-corrected chi connectivity index (χ0v) is 17.0. The van der Waals surface area contributed by atoms with Gasteiger partial charge in [0.25, 0.3) is 5.91 Å². The molecule has 1 fully saturated rings. The molecule has 32 heavy (non-hydrogen) atoms. The van der Waals surface area contributed by atoms with Gasteiger partial charge in [0.1, 0.15) is 0 Å². The van der Waals surface area contributed by atoms with Crippen molar-refractivity contribution < 1.29 is 9.59 Å². The number of amides is 2. The number of hydrogen-bond acceptors (Lipinski definition) is 4. The Kier molecular flexibility index (Phi) is 4.14. The number of nitrogens with zero attached hydrogens (tertiary/aromatic N) is 2. The van der Waals surface area contributed by atoms with Gasteiger partial charge in [-0.05, 0) is 42.2 Å². The molecule has 2 unspecified atom stereocenters. The fourth-order valence-electron chi connectivity index (χ4n) is 4.49. The lowest BCUT2D eigenvalue weighted by Gasteiger charge is -2.08. The molecule has 7 heteroatoms. The third-order valence-electron chi connectivity index (χ3n) is 6.13. The SMILES string of the molecule is O=C1NN=Cc2c(-c3ccncc3)[nH]c3cc(NC(=O)C4CC4c4ccccc4)cc1c23. The second-order valence-electron chi connectivity index (χ2n) is 8.14. The van der Waals surface area contributed by atoms with Crippen LogP contribution in [0.4, 0.5) is 5.69 Å². The van der Waals surface area contributed by atoms with Gasteiger partial charge in [0.15, 0.2) is 0 Å². The molecule has 2 aromatic carbocycles. The van der Waals surface area contributed by atoms with Gasteiger partial charge in [-0.15, -0.1) is 0 Å². The Morgan fingerprint density at radius 1 is 1.06 bits per heavy atom. The van der Waals surface area contributed by atoms with Crippen molar-refractivity contribution in [2.45, 2.75) is 12.3 Å². The van der Waals surface area contributed by atoms with E-state index in [1.165, 1.54) is 5.56 Å². The maximum absolute atomic E-state index is 12.9. The summed E-state index contributed by atoms with van der Waals surface area (Å²) in [6.45, 7) is 0. The Morgan fingerprint density at radius 2 is 1.88 bits per heavy atom. The first kappa shape index (κ1) is 18.5. The van der Waals surface area contributed by atoms with E-state index in [1.54, 1.807) is 24.7 Å². The molecule has 2 atom stereocenters. The molecule has 4 aromatic rings. The van der Waals surface area contributed by atoms with Crippen LogP contribution in [0.1, 0.15) is 33.8 Å². The molecular weight excluding hydrogens is 402 g/mol. The van der Waals surface area contributed by atoms with Crippen molar-refractivity contribution in [1.82, 2.24) is 15.4 Å². The van der Waals surface area contributed by atoms with E-state index in [-0.39, 0.29) is 23.7 Å². The summed E-state index contributed by atoms with van der Waals surface area (Å²) >= 11 is 0. The van der Waals surface area contributed by atoms with Gasteiger partial charge in [0, 0.05) is 46.0 Å². The standard InChI is InChI=1S/C25H19N5O2/c31-24(18-12-17(18)14-4-2-1-3-5-14)28-16-10-19-22-20(13-27-30-25(19)32)23(29-21(22)11-16)15-6-8-26-9-7-15/h1-11,13,17-18,29H,12H2,(H,28,31)(H,30,32). The van der Waals surface area contributed by atoms with Gasteiger partial charge in [0.2, 0.25) is 5.91 Å². The van der Waals surface area contributed by atoms with E-state index in [4.69, 9.17) is 0 Å². The van der Waals surface area contributed by atoms with E-state index < -0.39 is 0 Å². The average Bonchev–Trinajstić information content (AvgIpc) is 3.57.